The highest BCUT2D eigenvalue weighted by molar-refractivity contribution is 9.10. The molecule has 208 valence electrons. The van der Waals surface area contributed by atoms with E-state index in [0.29, 0.717) is 23.7 Å². The quantitative estimate of drug-likeness (QED) is 0.262. The van der Waals surface area contributed by atoms with Gasteiger partial charge in [-0.05, 0) is 67.4 Å². The molecule has 0 spiro atoms. The van der Waals surface area contributed by atoms with Gasteiger partial charge >= 0.3 is 0 Å². The maximum Gasteiger partial charge on any atom is 0.244 e. The zero-order chi connectivity index (χ0) is 28.4. The molecule has 8 nitrogen and oxygen atoms in total. The van der Waals surface area contributed by atoms with Gasteiger partial charge in [0.25, 0.3) is 0 Å². The van der Waals surface area contributed by atoms with E-state index >= 15 is 0 Å². The van der Waals surface area contributed by atoms with Crippen molar-refractivity contribution in [2.24, 2.45) is 0 Å². The lowest BCUT2D eigenvalue weighted by molar-refractivity contribution is -0.139. The van der Waals surface area contributed by atoms with Gasteiger partial charge in [-0.1, -0.05) is 59.6 Å². The predicted octanol–water partition coefficient (Wildman–Crippen LogP) is 5.34. The number of anilines is 1. The van der Waals surface area contributed by atoms with Crippen LogP contribution in [0.5, 0.6) is 11.5 Å². The second-order valence-electron chi connectivity index (χ2n) is 9.15. The van der Waals surface area contributed by atoms with Crippen LogP contribution in [0, 0.1) is 0 Å². The third-order valence-electron chi connectivity index (χ3n) is 6.02. The predicted molar refractivity (Wildman–Crippen MR) is 157 cm³/mol. The Morgan fingerprint density at radius 2 is 1.64 bits per heavy atom. The molecule has 0 aromatic heterocycles. The molecule has 10 heteroatoms. The van der Waals surface area contributed by atoms with Crippen molar-refractivity contribution in [3.05, 3.63) is 88.9 Å². The van der Waals surface area contributed by atoms with Gasteiger partial charge in [-0.3, -0.25) is 13.9 Å². The summed E-state index contributed by atoms with van der Waals surface area (Å²) in [4.78, 5) is 28.0. The van der Waals surface area contributed by atoms with Gasteiger partial charge < -0.3 is 15.0 Å². The third-order valence-corrected chi connectivity index (χ3v) is 7.66. The molecular formula is C29H34BrN3O5S. The van der Waals surface area contributed by atoms with E-state index in [0.717, 1.165) is 33.4 Å². The fourth-order valence-corrected chi connectivity index (χ4v) is 5.17. The molecule has 1 atom stereocenters. The number of halogens is 1. The summed E-state index contributed by atoms with van der Waals surface area (Å²) in [5.74, 6) is 0.386. The minimum Gasteiger partial charge on any atom is -0.457 e. The molecule has 0 bridgehead atoms. The van der Waals surface area contributed by atoms with E-state index in [4.69, 9.17) is 4.74 Å². The summed E-state index contributed by atoms with van der Waals surface area (Å²) in [6.07, 6.45) is 2.80. The molecule has 0 radical (unpaired) electrons. The Kier molecular flexibility index (Phi) is 10.9. The summed E-state index contributed by atoms with van der Waals surface area (Å²) in [7, 11) is -3.82. The van der Waals surface area contributed by atoms with Crippen LogP contribution in [0.25, 0.3) is 0 Å². The highest BCUT2D eigenvalue weighted by Gasteiger charge is 2.30. The largest absolute Gasteiger partial charge is 0.457 e. The number of benzene rings is 3. The van der Waals surface area contributed by atoms with Crippen LogP contribution in [-0.4, -0.2) is 50.5 Å². The number of hydrogen-bond donors (Lipinski definition) is 1. The van der Waals surface area contributed by atoms with E-state index in [1.54, 1.807) is 31.2 Å². The van der Waals surface area contributed by atoms with Gasteiger partial charge in [0, 0.05) is 17.6 Å². The van der Waals surface area contributed by atoms with Gasteiger partial charge in [0.2, 0.25) is 21.8 Å². The summed E-state index contributed by atoms with van der Waals surface area (Å²) in [5, 5.41) is 2.87. The van der Waals surface area contributed by atoms with E-state index in [9.17, 15) is 18.0 Å². The fraction of sp³-hybridized carbons (Fsp3) is 0.310. The second kappa shape index (κ2) is 14.1. The maximum atomic E-state index is 13.7. The van der Waals surface area contributed by atoms with Gasteiger partial charge in [0.1, 0.15) is 24.1 Å². The van der Waals surface area contributed by atoms with Crippen LogP contribution in [0.15, 0.2) is 83.3 Å². The van der Waals surface area contributed by atoms with Gasteiger partial charge in [-0.2, -0.15) is 0 Å². The number of unbranched alkanes of at least 4 members (excludes halogenated alkanes) is 1. The van der Waals surface area contributed by atoms with E-state index in [1.165, 1.54) is 4.90 Å². The second-order valence-corrected chi connectivity index (χ2v) is 12.0. The molecule has 0 saturated heterocycles. The van der Waals surface area contributed by atoms with E-state index in [2.05, 4.69) is 21.2 Å². The smallest absolute Gasteiger partial charge is 0.244 e. The molecule has 0 saturated carbocycles. The summed E-state index contributed by atoms with van der Waals surface area (Å²) >= 11 is 3.44. The van der Waals surface area contributed by atoms with Gasteiger partial charge in [-0.15, -0.1) is 0 Å². The highest BCUT2D eigenvalue weighted by Crippen LogP contribution is 2.26. The number of nitrogens with one attached hydrogen (secondary N) is 1. The van der Waals surface area contributed by atoms with Crippen LogP contribution >= 0.6 is 15.9 Å². The molecule has 0 fully saturated rings. The first kappa shape index (κ1) is 30.2. The average Bonchev–Trinajstić information content (AvgIpc) is 2.90. The number of carbonyl (C=O) groups excluding carboxylic acids is 2. The van der Waals surface area contributed by atoms with Crippen molar-refractivity contribution in [2.75, 3.05) is 23.7 Å². The van der Waals surface area contributed by atoms with E-state index in [1.807, 2.05) is 61.5 Å². The highest BCUT2D eigenvalue weighted by atomic mass is 79.9. The minimum atomic E-state index is -3.82. The van der Waals surface area contributed by atoms with E-state index < -0.39 is 28.5 Å². The van der Waals surface area contributed by atoms with Gasteiger partial charge in [0.05, 0.1) is 11.9 Å². The van der Waals surface area contributed by atoms with Crippen molar-refractivity contribution in [3.8, 4) is 11.5 Å². The summed E-state index contributed by atoms with van der Waals surface area (Å²) in [5.41, 5.74) is 1.12. The number of carbonyl (C=O) groups is 2. The number of sulfonamides is 1. The first-order chi connectivity index (χ1) is 18.6. The molecule has 2 amide bonds. The first-order valence-electron chi connectivity index (χ1n) is 12.7. The van der Waals surface area contributed by atoms with Crippen LogP contribution < -0.4 is 14.4 Å². The Morgan fingerprint density at radius 3 is 2.26 bits per heavy atom. The Morgan fingerprint density at radius 1 is 0.974 bits per heavy atom. The summed E-state index contributed by atoms with van der Waals surface area (Å²) in [6, 6.07) is 22.3. The molecule has 0 aliphatic carbocycles. The standard InChI is InChI=1S/C29H34BrN3O5S/c1-4-5-18-31-29(35)22(2)32(20-23-10-9-11-24(30)19-23)28(34)21-33(39(3,36)37)25-14-16-27(17-15-25)38-26-12-7-6-8-13-26/h6-17,19,22H,4-5,18,20-21H2,1-3H3,(H,31,35). The molecular weight excluding hydrogens is 582 g/mol. The van der Waals surface area contributed by atoms with Crippen molar-refractivity contribution >= 4 is 43.5 Å². The van der Waals surface area contributed by atoms with Gasteiger partial charge in [0.15, 0.2) is 0 Å². The molecule has 3 aromatic carbocycles. The topological polar surface area (TPSA) is 96.0 Å². The number of rotatable bonds is 13. The number of amides is 2. The Balaban J connectivity index is 1.84. The van der Waals surface area contributed by atoms with Crippen molar-refractivity contribution in [2.45, 2.75) is 39.3 Å². The molecule has 0 aliphatic heterocycles. The first-order valence-corrected chi connectivity index (χ1v) is 15.3. The Labute approximate surface area is 239 Å². The molecule has 3 rings (SSSR count). The SMILES string of the molecule is CCCCNC(=O)C(C)N(Cc1cccc(Br)c1)C(=O)CN(c1ccc(Oc2ccccc2)cc1)S(C)(=O)=O. The maximum absolute atomic E-state index is 13.7. The minimum absolute atomic E-state index is 0.141. The monoisotopic (exact) mass is 615 g/mol. The summed E-state index contributed by atoms with van der Waals surface area (Å²) < 4.78 is 33.2. The number of ether oxygens (including phenoxy) is 1. The zero-order valence-electron chi connectivity index (χ0n) is 22.3. The van der Waals surface area contributed by atoms with Crippen molar-refractivity contribution in [3.63, 3.8) is 0 Å². The zero-order valence-corrected chi connectivity index (χ0v) is 24.7. The summed E-state index contributed by atoms with van der Waals surface area (Å²) in [6.45, 7) is 3.86. The third kappa shape index (κ3) is 9.11. The molecule has 3 aromatic rings. The molecule has 39 heavy (non-hydrogen) atoms. The van der Waals surface area contributed by atoms with Gasteiger partial charge in [-0.25, -0.2) is 8.42 Å². The lowest BCUT2D eigenvalue weighted by Gasteiger charge is -2.31. The van der Waals surface area contributed by atoms with Crippen LogP contribution in [0.4, 0.5) is 5.69 Å². The Bertz CT molecular complexity index is 1350. The number of hydrogen-bond acceptors (Lipinski definition) is 5. The molecule has 0 heterocycles. The van der Waals surface area contributed by atoms with Crippen LogP contribution in [0.2, 0.25) is 0 Å². The van der Waals surface area contributed by atoms with Crippen LogP contribution in [0.3, 0.4) is 0 Å². The van der Waals surface area contributed by atoms with Crippen LogP contribution in [0.1, 0.15) is 32.3 Å². The normalized spacial score (nSPS) is 11.9. The Hall–Kier alpha value is -3.37. The lowest BCUT2D eigenvalue weighted by atomic mass is 10.1. The lowest BCUT2D eigenvalue weighted by Crippen LogP contribution is -2.51. The van der Waals surface area contributed by atoms with E-state index in [-0.39, 0.29) is 12.5 Å². The van der Waals surface area contributed by atoms with Crippen molar-refractivity contribution < 1.29 is 22.7 Å². The number of nitrogens with zero attached hydrogens (tertiary/aromatic N) is 2. The van der Waals surface area contributed by atoms with Crippen LogP contribution in [-0.2, 0) is 26.2 Å². The average molecular weight is 617 g/mol. The van der Waals surface area contributed by atoms with Crippen molar-refractivity contribution in [1.29, 1.82) is 0 Å². The molecule has 1 N–H and O–H groups in total. The number of para-hydroxylation sites is 1. The molecule has 1 unspecified atom stereocenters. The fourth-order valence-electron chi connectivity index (χ4n) is 3.87. The van der Waals surface area contributed by atoms with Crippen molar-refractivity contribution in [1.82, 2.24) is 10.2 Å². The molecule has 0 aliphatic rings.